The van der Waals surface area contributed by atoms with Gasteiger partial charge in [-0.3, -0.25) is 0 Å². The zero-order valence-electron chi connectivity index (χ0n) is 10.0. The van der Waals surface area contributed by atoms with Crippen molar-refractivity contribution in [2.24, 2.45) is 11.8 Å². The third-order valence-electron chi connectivity index (χ3n) is 4.04. The van der Waals surface area contributed by atoms with Crippen molar-refractivity contribution >= 4 is 23.6 Å². The highest BCUT2D eigenvalue weighted by Crippen LogP contribution is 2.38. The van der Waals surface area contributed by atoms with Crippen molar-refractivity contribution in [3.05, 3.63) is 42.4 Å². The molecule has 0 radical (unpaired) electrons. The number of aromatic nitrogens is 2. The van der Waals surface area contributed by atoms with Crippen LogP contribution in [-0.2, 0) is 0 Å². The number of allylic oxidation sites excluding steroid dienone is 1. The number of nitrogens with zero attached hydrogens (tertiary/aromatic N) is 2. The first kappa shape index (κ1) is 11.8. The fourth-order valence-electron chi connectivity index (χ4n) is 3.14. The van der Waals surface area contributed by atoms with Crippen LogP contribution in [0.15, 0.2) is 36.7 Å². The molecule has 2 aromatic rings. The SMILES string of the molecule is C1=C(c2cnc3ccccn23)C[C@H]2CNC[C@@H]12.Cl. The molecule has 4 heteroatoms. The molecule has 2 aromatic heterocycles. The normalized spacial score (nSPS) is 25.9. The fourth-order valence-corrected chi connectivity index (χ4v) is 3.14. The summed E-state index contributed by atoms with van der Waals surface area (Å²) in [6.07, 6.45) is 7.75. The standard InChI is InChI=1S/C14H15N3.ClH/c1-2-4-17-13(9-16-14(17)3-1)10-5-11-7-15-8-12(11)6-10;/h1-5,9,11-12,15H,6-8H2;1H/t11-,12+;/m1./s1. The molecule has 0 aromatic carbocycles. The monoisotopic (exact) mass is 261 g/mol. The molecular formula is C14H16ClN3. The maximum absolute atomic E-state index is 4.46. The molecule has 1 N–H and O–H groups in total. The number of halogens is 1. The quantitative estimate of drug-likeness (QED) is 0.854. The van der Waals surface area contributed by atoms with Gasteiger partial charge < -0.3 is 9.72 Å². The van der Waals surface area contributed by atoms with E-state index in [0.717, 1.165) is 24.0 Å². The van der Waals surface area contributed by atoms with Crippen molar-refractivity contribution in [2.45, 2.75) is 6.42 Å². The lowest BCUT2D eigenvalue weighted by Crippen LogP contribution is -2.09. The average Bonchev–Trinajstić information content (AvgIpc) is 3.01. The van der Waals surface area contributed by atoms with E-state index in [-0.39, 0.29) is 12.4 Å². The van der Waals surface area contributed by atoms with E-state index in [9.17, 15) is 0 Å². The van der Waals surface area contributed by atoms with Crippen molar-refractivity contribution in [1.29, 1.82) is 0 Å². The van der Waals surface area contributed by atoms with Crippen molar-refractivity contribution in [1.82, 2.24) is 14.7 Å². The summed E-state index contributed by atoms with van der Waals surface area (Å²) < 4.78 is 2.19. The zero-order valence-corrected chi connectivity index (χ0v) is 10.9. The van der Waals surface area contributed by atoms with Crippen molar-refractivity contribution in [2.75, 3.05) is 13.1 Å². The number of imidazole rings is 1. The smallest absolute Gasteiger partial charge is 0.137 e. The largest absolute Gasteiger partial charge is 0.316 e. The number of hydrogen-bond donors (Lipinski definition) is 1. The van der Waals surface area contributed by atoms with Crippen LogP contribution < -0.4 is 5.32 Å². The van der Waals surface area contributed by atoms with Gasteiger partial charge in [0.05, 0.1) is 11.9 Å². The Kier molecular flexibility index (Phi) is 2.88. The second-order valence-electron chi connectivity index (χ2n) is 5.05. The number of fused-ring (bicyclic) bond motifs is 2. The first-order chi connectivity index (χ1) is 8.42. The van der Waals surface area contributed by atoms with Crippen molar-refractivity contribution in [3.63, 3.8) is 0 Å². The lowest BCUT2D eigenvalue weighted by atomic mass is 9.99. The fraction of sp³-hybridized carbons (Fsp3) is 0.357. The maximum Gasteiger partial charge on any atom is 0.137 e. The predicted molar refractivity (Wildman–Crippen MR) is 74.9 cm³/mol. The van der Waals surface area contributed by atoms with E-state index in [0.29, 0.717) is 0 Å². The van der Waals surface area contributed by atoms with Gasteiger partial charge in [0.15, 0.2) is 0 Å². The van der Waals surface area contributed by atoms with Crippen LogP contribution in [0.2, 0.25) is 0 Å². The van der Waals surface area contributed by atoms with Gasteiger partial charge in [-0.2, -0.15) is 0 Å². The van der Waals surface area contributed by atoms with Crippen LogP contribution in [0.1, 0.15) is 12.1 Å². The van der Waals surface area contributed by atoms with Gasteiger partial charge in [0.25, 0.3) is 0 Å². The molecule has 1 aliphatic carbocycles. The van der Waals surface area contributed by atoms with Gasteiger partial charge in [-0.25, -0.2) is 4.98 Å². The highest BCUT2D eigenvalue weighted by atomic mass is 35.5. The van der Waals surface area contributed by atoms with Crippen LogP contribution in [0.25, 0.3) is 11.2 Å². The van der Waals surface area contributed by atoms with E-state index < -0.39 is 0 Å². The Balaban J connectivity index is 0.000001000. The molecule has 3 nitrogen and oxygen atoms in total. The molecule has 1 saturated heterocycles. The van der Waals surface area contributed by atoms with E-state index in [1.54, 1.807) is 0 Å². The molecule has 0 spiro atoms. The molecule has 0 amide bonds. The van der Waals surface area contributed by atoms with Gasteiger partial charge in [0.2, 0.25) is 0 Å². The van der Waals surface area contributed by atoms with Gasteiger partial charge in [-0.1, -0.05) is 12.1 Å². The zero-order chi connectivity index (χ0) is 11.2. The molecule has 1 aliphatic heterocycles. The summed E-state index contributed by atoms with van der Waals surface area (Å²) in [7, 11) is 0. The van der Waals surface area contributed by atoms with Gasteiger partial charge in [0.1, 0.15) is 5.65 Å². The molecule has 0 saturated carbocycles. The molecule has 18 heavy (non-hydrogen) atoms. The Morgan fingerprint density at radius 1 is 1.28 bits per heavy atom. The summed E-state index contributed by atoms with van der Waals surface area (Å²) in [4.78, 5) is 4.46. The van der Waals surface area contributed by atoms with Crippen LogP contribution in [0.5, 0.6) is 0 Å². The molecule has 0 unspecified atom stereocenters. The minimum atomic E-state index is 0. The molecule has 94 valence electrons. The highest BCUT2D eigenvalue weighted by Gasteiger charge is 2.32. The molecular weight excluding hydrogens is 246 g/mol. The second-order valence-corrected chi connectivity index (χ2v) is 5.05. The van der Waals surface area contributed by atoms with Crippen LogP contribution in [-0.4, -0.2) is 22.5 Å². The molecule has 4 rings (SSSR count). The van der Waals surface area contributed by atoms with Crippen molar-refractivity contribution in [3.8, 4) is 0 Å². The summed E-state index contributed by atoms with van der Waals surface area (Å²) in [6, 6.07) is 6.16. The highest BCUT2D eigenvalue weighted by molar-refractivity contribution is 5.85. The van der Waals surface area contributed by atoms with Crippen LogP contribution in [0.3, 0.4) is 0 Å². The van der Waals surface area contributed by atoms with E-state index >= 15 is 0 Å². The van der Waals surface area contributed by atoms with Gasteiger partial charge in [-0.05, 0) is 42.5 Å². The second kappa shape index (κ2) is 4.41. The van der Waals surface area contributed by atoms with Gasteiger partial charge in [-0.15, -0.1) is 12.4 Å². The first-order valence-electron chi connectivity index (χ1n) is 6.26. The number of pyridine rings is 1. The molecule has 1 fully saturated rings. The number of rotatable bonds is 1. The topological polar surface area (TPSA) is 29.3 Å². The predicted octanol–water partition coefficient (Wildman–Crippen LogP) is 2.38. The summed E-state index contributed by atoms with van der Waals surface area (Å²) in [5.41, 5.74) is 3.79. The number of nitrogens with one attached hydrogen (secondary N) is 1. The van der Waals surface area contributed by atoms with E-state index in [1.165, 1.54) is 24.2 Å². The Hall–Kier alpha value is -1.32. The third-order valence-corrected chi connectivity index (χ3v) is 4.04. The first-order valence-corrected chi connectivity index (χ1v) is 6.26. The lowest BCUT2D eigenvalue weighted by molar-refractivity contribution is 0.536. The molecule has 3 heterocycles. The van der Waals surface area contributed by atoms with E-state index in [1.807, 2.05) is 12.3 Å². The Labute approximate surface area is 112 Å². The molecule has 2 atom stereocenters. The van der Waals surface area contributed by atoms with Crippen LogP contribution in [0.4, 0.5) is 0 Å². The summed E-state index contributed by atoms with van der Waals surface area (Å²) >= 11 is 0. The van der Waals surface area contributed by atoms with E-state index in [4.69, 9.17) is 0 Å². The van der Waals surface area contributed by atoms with Gasteiger partial charge in [0, 0.05) is 12.7 Å². The van der Waals surface area contributed by atoms with Crippen molar-refractivity contribution < 1.29 is 0 Å². The minimum Gasteiger partial charge on any atom is -0.316 e. The van der Waals surface area contributed by atoms with Crippen LogP contribution >= 0.6 is 12.4 Å². The van der Waals surface area contributed by atoms with Gasteiger partial charge >= 0.3 is 0 Å². The number of hydrogen-bond acceptors (Lipinski definition) is 2. The average molecular weight is 262 g/mol. The summed E-state index contributed by atoms with van der Waals surface area (Å²) in [6.45, 7) is 2.31. The van der Waals surface area contributed by atoms with Crippen LogP contribution in [0, 0.1) is 11.8 Å². The third kappa shape index (κ3) is 1.66. The summed E-state index contributed by atoms with van der Waals surface area (Å²) in [5.74, 6) is 1.54. The summed E-state index contributed by atoms with van der Waals surface area (Å²) in [5, 5.41) is 3.46. The molecule has 0 bridgehead atoms. The lowest BCUT2D eigenvalue weighted by Gasteiger charge is -2.06. The maximum atomic E-state index is 4.46. The van der Waals surface area contributed by atoms with E-state index in [2.05, 4.69) is 39.1 Å². The Morgan fingerprint density at radius 3 is 3.11 bits per heavy atom. The Bertz CT molecular complexity index is 602. The minimum absolute atomic E-state index is 0. The molecule has 2 aliphatic rings. The Morgan fingerprint density at radius 2 is 2.22 bits per heavy atom.